The van der Waals surface area contributed by atoms with Crippen LogP contribution in [0.15, 0.2) is 78.9 Å². The molecule has 0 heterocycles. The van der Waals surface area contributed by atoms with Crippen molar-refractivity contribution < 1.29 is 9.53 Å². The first kappa shape index (κ1) is 20.0. The number of hydrogen-bond donors (Lipinski definition) is 0. The number of amides is 1. The van der Waals surface area contributed by atoms with E-state index in [0.717, 1.165) is 22.7 Å². The second kappa shape index (κ2) is 9.43. The van der Waals surface area contributed by atoms with Crippen molar-refractivity contribution in [2.24, 2.45) is 0 Å². The number of alkyl halides is 1. The Kier molecular flexibility index (Phi) is 6.72. The maximum absolute atomic E-state index is 12.3. The average molecular weight is 394 g/mol. The second-order valence-electron chi connectivity index (χ2n) is 6.92. The number of ether oxygens (including phenoxy) is 1. The highest BCUT2D eigenvalue weighted by molar-refractivity contribution is 6.29. The van der Waals surface area contributed by atoms with Crippen molar-refractivity contribution in [3.63, 3.8) is 0 Å². The van der Waals surface area contributed by atoms with Gasteiger partial charge in [0.1, 0.15) is 17.4 Å². The molecule has 0 fully saturated rings. The fourth-order valence-corrected chi connectivity index (χ4v) is 3.06. The summed E-state index contributed by atoms with van der Waals surface area (Å²) in [6.45, 7) is 4.80. The standard InChI is InChI=1S/C24H24ClNO2/c1-18(2)20-8-12-22(13-9-20)28-23-14-10-21(11-15-23)26(24(27)16-25)17-19-6-4-3-5-7-19/h3-15,18H,16-17H2,1-2H3. The van der Waals surface area contributed by atoms with Gasteiger partial charge >= 0.3 is 0 Å². The van der Waals surface area contributed by atoms with Gasteiger partial charge in [0, 0.05) is 5.69 Å². The van der Waals surface area contributed by atoms with E-state index < -0.39 is 0 Å². The first-order valence-electron chi connectivity index (χ1n) is 9.35. The maximum Gasteiger partial charge on any atom is 0.242 e. The highest BCUT2D eigenvalue weighted by atomic mass is 35.5. The Morgan fingerprint density at radius 2 is 1.46 bits per heavy atom. The van der Waals surface area contributed by atoms with Crippen LogP contribution in [0.4, 0.5) is 5.69 Å². The lowest BCUT2D eigenvalue weighted by atomic mass is 10.0. The van der Waals surface area contributed by atoms with Crippen molar-refractivity contribution >= 4 is 23.2 Å². The smallest absolute Gasteiger partial charge is 0.242 e. The molecule has 0 bridgehead atoms. The van der Waals surface area contributed by atoms with Crippen LogP contribution < -0.4 is 9.64 Å². The zero-order valence-electron chi connectivity index (χ0n) is 16.1. The van der Waals surface area contributed by atoms with E-state index in [9.17, 15) is 4.79 Å². The topological polar surface area (TPSA) is 29.5 Å². The first-order valence-corrected chi connectivity index (χ1v) is 9.88. The molecule has 0 aliphatic heterocycles. The third-order valence-electron chi connectivity index (χ3n) is 4.53. The van der Waals surface area contributed by atoms with E-state index in [4.69, 9.17) is 16.3 Å². The molecule has 0 spiro atoms. The molecule has 0 atom stereocenters. The summed E-state index contributed by atoms with van der Waals surface area (Å²) >= 11 is 5.82. The molecule has 0 aliphatic carbocycles. The van der Waals surface area contributed by atoms with E-state index in [1.54, 1.807) is 4.90 Å². The van der Waals surface area contributed by atoms with Crippen LogP contribution in [0.2, 0.25) is 0 Å². The lowest BCUT2D eigenvalue weighted by molar-refractivity contribution is -0.116. The Morgan fingerprint density at radius 1 is 0.893 bits per heavy atom. The molecule has 1 amide bonds. The molecule has 0 radical (unpaired) electrons. The summed E-state index contributed by atoms with van der Waals surface area (Å²) in [6, 6.07) is 25.5. The van der Waals surface area contributed by atoms with Crippen LogP contribution in [-0.2, 0) is 11.3 Å². The SMILES string of the molecule is CC(C)c1ccc(Oc2ccc(N(Cc3ccccc3)C(=O)CCl)cc2)cc1. The van der Waals surface area contributed by atoms with Crippen molar-refractivity contribution in [1.29, 1.82) is 0 Å². The average Bonchev–Trinajstić information content (AvgIpc) is 2.73. The summed E-state index contributed by atoms with van der Waals surface area (Å²) in [6.07, 6.45) is 0. The predicted molar refractivity (Wildman–Crippen MR) is 115 cm³/mol. The molecule has 0 unspecified atom stereocenters. The molecule has 0 saturated heterocycles. The van der Waals surface area contributed by atoms with Crippen molar-refractivity contribution in [3.05, 3.63) is 90.0 Å². The molecular formula is C24H24ClNO2. The molecule has 0 aliphatic rings. The first-order chi connectivity index (χ1) is 13.6. The third kappa shape index (κ3) is 5.14. The lowest BCUT2D eigenvalue weighted by Crippen LogP contribution is -2.31. The monoisotopic (exact) mass is 393 g/mol. The highest BCUT2D eigenvalue weighted by Gasteiger charge is 2.15. The molecule has 3 rings (SSSR count). The van der Waals surface area contributed by atoms with Crippen LogP contribution in [0.5, 0.6) is 11.5 Å². The second-order valence-corrected chi connectivity index (χ2v) is 7.19. The predicted octanol–water partition coefficient (Wildman–Crippen LogP) is 6.37. The summed E-state index contributed by atoms with van der Waals surface area (Å²) in [5.41, 5.74) is 3.11. The summed E-state index contributed by atoms with van der Waals surface area (Å²) in [5, 5.41) is 0. The molecule has 0 saturated carbocycles. The van der Waals surface area contributed by atoms with Crippen molar-refractivity contribution in [1.82, 2.24) is 0 Å². The number of halogens is 1. The van der Waals surface area contributed by atoms with Crippen molar-refractivity contribution in [3.8, 4) is 11.5 Å². The quantitative estimate of drug-likeness (QED) is 0.436. The number of carbonyl (C=O) groups is 1. The normalized spacial score (nSPS) is 10.7. The summed E-state index contributed by atoms with van der Waals surface area (Å²) < 4.78 is 5.92. The van der Waals surface area contributed by atoms with Crippen LogP contribution in [0, 0.1) is 0 Å². The fourth-order valence-electron chi connectivity index (χ4n) is 2.91. The zero-order chi connectivity index (χ0) is 19.9. The minimum Gasteiger partial charge on any atom is -0.457 e. The molecule has 0 N–H and O–H groups in total. The van der Waals surface area contributed by atoms with Gasteiger partial charge in [-0.2, -0.15) is 0 Å². The van der Waals surface area contributed by atoms with Crippen molar-refractivity contribution in [2.45, 2.75) is 26.3 Å². The number of hydrogen-bond acceptors (Lipinski definition) is 2. The summed E-state index contributed by atoms with van der Waals surface area (Å²) in [4.78, 5) is 14.0. The lowest BCUT2D eigenvalue weighted by Gasteiger charge is -2.22. The van der Waals surface area contributed by atoms with Crippen LogP contribution in [0.25, 0.3) is 0 Å². The third-order valence-corrected chi connectivity index (χ3v) is 4.76. The largest absolute Gasteiger partial charge is 0.457 e. The van der Waals surface area contributed by atoms with Crippen molar-refractivity contribution in [2.75, 3.05) is 10.8 Å². The zero-order valence-corrected chi connectivity index (χ0v) is 16.9. The minimum atomic E-state index is -0.136. The number of rotatable bonds is 7. The van der Waals surface area contributed by atoms with Gasteiger partial charge in [0.2, 0.25) is 5.91 Å². The minimum absolute atomic E-state index is 0.0622. The molecule has 4 heteroatoms. The fraction of sp³-hybridized carbons (Fsp3) is 0.208. The van der Waals surface area contributed by atoms with E-state index in [0.29, 0.717) is 12.5 Å². The van der Waals surface area contributed by atoms with Gasteiger partial charge in [0.15, 0.2) is 0 Å². The molecule has 144 valence electrons. The van der Waals surface area contributed by atoms with Crippen LogP contribution in [-0.4, -0.2) is 11.8 Å². The van der Waals surface area contributed by atoms with E-state index >= 15 is 0 Å². The van der Waals surface area contributed by atoms with Crippen LogP contribution in [0.3, 0.4) is 0 Å². The Labute approximate surface area is 171 Å². The van der Waals surface area contributed by atoms with Gasteiger partial charge in [-0.1, -0.05) is 56.3 Å². The molecule has 3 aromatic carbocycles. The van der Waals surface area contributed by atoms with Gasteiger partial charge in [-0.05, 0) is 53.4 Å². The van der Waals surface area contributed by atoms with Gasteiger partial charge in [-0.3, -0.25) is 4.79 Å². The van der Waals surface area contributed by atoms with Gasteiger partial charge in [-0.15, -0.1) is 11.6 Å². The molecule has 3 aromatic rings. The number of nitrogens with zero attached hydrogens (tertiary/aromatic N) is 1. The number of benzene rings is 3. The summed E-state index contributed by atoms with van der Waals surface area (Å²) in [7, 11) is 0. The van der Waals surface area contributed by atoms with Crippen LogP contribution >= 0.6 is 11.6 Å². The number of anilines is 1. The summed E-state index contributed by atoms with van der Waals surface area (Å²) in [5.74, 6) is 1.80. The number of carbonyl (C=O) groups excluding carboxylic acids is 1. The van der Waals surface area contributed by atoms with Gasteiger partial charge in [0.25, 0.3) is 0 Å². The Morgan fingerprint density at radius 3 is 2.00 bits per heavy atom. The molecule has 28 heavy (non-hydrogen) atoms. The van der Waals surface area contributed by atoms with E-state index in [1.165, 1.54) is 5.56 Å². The Hall–Kier alpha value is -2.78. The maximum atomic E-state index is 12.3. The van der Waals surface area contributed by atoms with E-state index in [2.05, 4.69) is 26.0 Å². The van der Waals surface area contributed by atoms with E-state index in [1.807, 2.05) is 66.7 Å². The van der Waals surface area contributed by atoms with E-state index in [-0.39, 0.29) is 11.8 Å². The molecular weight excluding hydrogens is 370 g/mol. The Bertz CT molecular complexity index is 890. The van der Waals surface area contributed by atoms with Gasteiger partial charge < -0.3 is 9.64 Å². The highest BCUT2D eigenvalue weighted by Crippen LogP contribution is 2.27. The Balaban J connectivity index is 1.74. The van der Waals surface area contributed by atoms with Crippen LogP contribution in [0.1, 0.15) is 30.9 Å². The molecule has 3 nitrogen and oxygen atoms in total. The molecule has 0 aromatic heterocycles. The van der Waals surface area contributed by atoms with Gasteiger partial charge in [0.05, 0.1) is 6.54 Å². The van der Waals surface area contributed by atoms with Gasteiger partial charge in [-0.25, -0.2) is 0 Å².